The number of hydrogen-bond donors (Lipinski definition) is 1. The summed E-state index contributed by atoms with van der Waals surface area (Å²) < 4.78 is 37.3. The molecular weight excluding hydrogens is 328 g/mol. The molecule has 0 aliphatic carbocycles. The van der Waals surface area contributed by atoms with Gasteiger partial charge in [0.15, 0.2) is 6.61 Å². The highest BCUT2D eigenvalue weighted by Crippen LogP contribution is 2.22. The Balaban J connectivity index is 2.09. The first-order chi connectivity index (χ1) is 11.3. The molecule has 2 aromatic carbocycles. The summed E-state index contributed by atoms with van der Waals surface area (Å²) in [7, 11) is -4.46. The Morgan fingerprint density at radius 1 is 1.12 bits per heavy atom. The van der Waals surface area contributed by atoms with Gasteiger partial charge in [0.25, 0.3) is 10.1 Å². The van der Waals surface area contributed by atoms with Gasteiger partial charge in [-0.15, -0.1) is 0 Å². The minimum absolute atomic E-state index is 0.0868. The van der Waals surface area contributed by atoms with Crippen LogP contribution in [0.25, 0.3) is 0 Å². The Bertz CT molecular complexity index is 810. The van der Waals surface area contributed by atoms with E-state index in [0.717, 1.165) is 6.42 Å². The van der Waals surface area contributed by atoms with Crippen LogP contribution in [0.4, 0.5) is 0 Å². The molecule has 5 nitrogen and oxygen atoms in total. The van der Waals surface area contributed by atoms with E-state index in [1.54, 1.807) is 12.1 Å². The Morgan fingerprint density at radius 2 is 1.75 bits per heavy atom. The summed E-state index contributed by atoms with van der Waals surface area (Å²) in [5.41, 5.74) is 1.10. The normalized spacial score (nSPS) is 12.6. The zero-order valence-corrected chi connectivity index (χ0v) is 14.4. The van der Waals surface area contributed by atoms with E-state index in [2.05, 4.69) is 13.8 Å². The Labute approximate surface area is 142 Å². The number of hydrogen-bond acceptors (Lipinski definition) is 4. The molecule has 24 heavy (non-hydrogen) atoms. The van der Waals surface area contributed by atoms with Crippen molar-refractivity contribution in [2.24, 2.45) is 0 Å². The lowest BCUT2D eigenvalue weighted by Gasteiger charge is -2.11. The molecule has 0 spiro atoms. The largest absolute Gasteiger partial charge is 0.485 e. The summed E-state index contributed by atoms with van der Waals surface area (Å²) in [4.78, 5) is 11.8. The van der Waals surface area contributed by atoms with Gasteiger partial charge in [-0.05, 0) is 42.2 Å². The van der Waals surface area contributed by atoms with Gasteiger partial charge in [0.2, 0.25) is 5.78 Å². The fourth-order valence-electron chi connectivity index (χ4n) is 2.28. The van der Waals surface area contributed by atoms with Gasteiger partial charge in [-0.2, -0.15) is 8.42 Å². The lowest BCUT2D eigenvalue weighted by molar-refractivity contribution is 0.0918. The topological polar surface area (TPSA) is 80.7 Å². The van der Waals surface area contributed by atoms with Crippen molar-refractivity contribution in [1.29, 1.82) is 0 Å². The van der Waals surface area contributed by atoms with Gasteiger partial charge >= 0.3 is 0 Å². The van der Waals surface area contributed by atoms with Gasteiger partial charge < -0.3 is 4.74 Å². The van der Waals surface area contributed by atoms with Crippen LogP contribution in [0.2, 0.25) is 0 Å². The summed E-state index contributed by atoms with van der Waals surface area (Å²) in [6.45, 7) is 3.93. The van der Waals surface area contributed by atoms with E-state index >= 15 is 0 Å². The quantitative estimate of drug-likeness (QED) is 0.609. The van der Waals surface area contributed by atoms with Crippen molar-refractivity contribution in [2.75, 3.05) is 6.61 Å². The SMILES string of the molecule is CCC(C)c1ccc(OCC(=O)c2ccccc2S(=O)(=O)O)cc1. The smallest absolute Gasteiger partial charge is 0.295 e. The standard InChI is InChI=1S/C18H20O5S/c1-3-13(2)14-8-10-15(11-9-14)23-12-17(19)16-6-4-5-7-18(16)24(20,21)22/h4-11,13H,3,12H2,1-2H3,(H,20,21,22). The monoisotopic (exact) mass is 348 g/mol. The molecular formula is C18H20O5S. The third-order valence-corrected chi connectivity index (χ3v) is 4.81. The highest BCUT2D eigenvalue weighted by atomic mass is 32.2. The second kappa shape index (κ2) is 7.59. The average molecular weight is 348 g/mol. The number of ether oxygens (including phenoxy) is 1. The summed E-state index contributed by atoms with van der Waals surface area (Å²) in [5.74, 6) is 0.455. The zero-order chi connectivity index (χ0) is 17.7. The van der Waals surface area contributed by atoms with E-state index in [0.29, 0.717) is 11.7 Å². The molecule has 1 N–H and O–H groups in total. The molecule has 0 bridgehead atoms. The maximum atomic E-state index is 12.2. The molecule has 2 aromatic rings. The first-order valence-corrected chi connectivity index (χ1v) is 9.09. The molecule has 0 aromatic heterocycles. The maximum absolute atomic E-state index is 12.2. The number of Topliss-reactive ketones (excluding diaryl/α,β-unsaturated/α-hetero) is 1. The van der Waals surface area contributed by atoms with Crippen molar-refractivity contribution in [3.63, 3.8) is 0 Å². The van der Waals surface area contributed by atoms with Gasteiger partial charge in [-0.1, -0.05) is 38.1 Å². The number of rotatable bonds is 7. The van der Waals surface area contributed by atoms with Crippen molar-refractivity contribution in [3.8, 4) is 5.75 Å². The third-order valence-electron chi connectivity index (χ3n) is 3.90. The lowest BCUT2D eigenvalue weighted by Crippen LogP contribution is -2.15. The van der Waals surface area contributed by atoms with E-state index < -0.39 is 20.8 Å². The van der Waals surface area contributed by atoms with Crippen molar-refractivity contribution < 1.29 is 22.5 Å². The molecule has 0 saturated carbocycles. The summed E-state index contributed by atoms with van der Waals surface area (Å²) in [5, 5.41) is 0. The van der Waals surface area contributed by atoms with Crippen molar-refractivity contribution in [1.82, 2.24) is 0 Å². The predicted octanol–water partition coefficient (Wildman–Crippen LogP) is 3.71. The lowest BCUT2D eigenvalue weighted by atomic mass is 9.99. The maximum Gasteiger partial charge on any atom is 0.295 e. The van der Waals surface area contributed by atoms with Crippen LogP contribution in [0.5, 0.6) is 5.75 Å². The molecule has 2 rings (SSSR count). The van der Waals surface area contributed by atoms with Crippen molar-refractivity contribution >= 4 is 15.9 Å². The van der Waals surface area contributed by atoms with E-state index in [4.69, 9.17) is 4.74 Å². The van der Waals surface area contributed by atoms with Crippen LogP contribution in [0.3, 0.4) is 0 Å². The van der Waals surface area contributed by atoms with E-state index in [1.165, 1.54) is 29.8 Å². The van der Waals surface area contributed by atoms with Crippen LogP contribution in [0.1, 0.15) is 42.1 Å². The summed E-state index contributed by atoms with van der Waals surface area (Å²) in [6, 6.07) is 13.0. The Hall–Kier alpha value is -2.18. The minimum atomic E-state index is -4.46. The second-order valence-electron chi connectivity index (χ2n) is 5.56. The van der Waals surface area contributed by atoms with Crippen LogP contribution in [-0.2, 0) is 10.1 Å². The van der Waals surface area contributed by atoms with Crippen LogP contribution in [0.15, 0.2) is 53.4 Å². The summed E-state index contributed by atoms with van der Waals surface area (Å²) >= 11 is 0. The molecule has 6 heteroatoms. The molecule has 0 amide bonds. The highest BCUT2D eigenvalue weighted by Gasteiger charge is 2.20. The predicted molar refractivity (Wildman–Crippen MR) is 91.2 cm³/mol. The minimum Gasteiger partial charge on any atom is -0.485 e. The number of ketones is 1. The Morgan fingerprint density at radius 3 is 2.33 bits per heavy atom. The molecule has 0 heterocycles. The van der Waals surface area contributed by atoms with Gasteiger partial charge in [-0.3, -0.25) is 9.35 Å². The number of carbonyl (C=O) groups excluding carboxylic acids is 1. The molecule has 0 saturated heterocycles. The average Bonchev–Trinajstić information content (AvgIpc) is 2.58. The number of benzene rings is 2. The van der Waals surface area contributed by atoms with Gasteiger partial charge in [0.1, 0.15) is 10.6 Å². The van der Waals surface area contributed by atoms with Crippen LogP contribution < -0.4 is 4.74 Å². The summed E-state index contributed by atoms with van der Waals surface area (Å²) in [6.07, 6.45) is 1.03. The molecule has 128 valence electrons. The van der Waals surface area contributed by atoms with Gasteiger partial charge in [0.05, 0.1) is 0 Å². The van der Waals surface area contributed by atoms with E-state index in [-0.39, 0.29) is 12.2 Å². The van der Waals surface area contributed by atoms with Crippen LogP contribution in [0, 0.1) is 0 Å². The first-order valence-electron chi connectivity index (χ1n) is 7.65. The van der Waals surface area contributed by atoms with E-state index in [9.17, 15) is 17.8 Å². The van der Waals surface area contributed by atoms with Crippen molar-refractivity contribution in [2.45, 2.75) is 31.1 Å². The first kappa shape index (κ1) is 18.2. The molecule has 0 fully saturated rings. The Kier molecular flexibility index (Phi) is 5.75. The fourth-order valence-corrected chi connectivity index (χ4v) is 2.99. The van der Waals surface area contributed by atoms with Gasteiger partial charge in [-0.25, -0.2) is 0 Å². The zero-order valence-electron chi connectivity index (χ0n) is 13.6. The molecule has 0 aliphatic heterocycles. The molecule has 0 aliphatic rings. The van der Waals surface area contributed by atoms with Crippen LogP contribution in [-0.4, -0.2) is 25.4 Å². The molecule has 0 radical (unpaired) electrons. The van der Waals surface area contributed by atoms with Gasteiger partial charge in [0, 0.05) is 5.56 Å². The van der Waals surface area contributed by atoms with E-state index in [1.807, 2.05) is 12.1 Å². The third kappa shape index (κ3) is 4.43. The van der Waals surface area contributed by atoms with Crippen LogP contribution >= 0.6 is 0 Å². The number of carbonyl (C=O) groups is 1. The van der Waals surface area contributed by atoms with Crippen molar-refractivity contribution in [3.05, 3.63) is 59.7 Å². The molecule has 1 atom stereocenters. The second-order valence-corrected chi connectivity index (χ2v) is 6.95. The fraction of sp³-hybridized carbons (Fsp3) is 0.278. The highest BCUT2D eigenvalue weighted by molar-refractivity contribution is 7.86. The molecule has 1 unspecified atom stereocenters.